The number of carbonyl (C=O) groups excluding carboxylic acids is 1. The second kappa shape index (κ2) is 5.51. The normalized spacial score (nSPS) is 19.4. The van der Waals surface area contributed by atoms with Crippen molar-refractivity contribution in [2.24, 2.45) is 5.92 Å². The summed E-state index contributed by atoms with van der Waals surface area (Å²) in [5, 5.41) is 6.03. The lowest BCUT2D eigenvalue weighted by molar-refractivity contribution is 0.198. The van der Waals surface area contributed by atoms with E-state index in [2.05, 4.69) is 10.6 Å². The van der Waals surface area contributed by atoms with Crippen LogP contribution in [-0.2, 0) is 0 Å². The zero-order valence-electron chi connectivity index (χ0n) is 9.11. The lowest BCUT2D eigenvalue weighted by Gasteiger charge is -2.10. The molecule has 1 atom stereocenters. The van der Waals surface area contributed by atoms with Crippen LogP contribution in [0.5, 0.6) is 5.75 Å². The predicted molar refractivity (Wildman–Crippen MR) is 61.4 cm³/mol. The number of hydrogen-bond donors (Lipinski definition) is 2. The molecular formula is C12H16N2O2. The summed E-state index contributed by atoms with van der Waals surface area (Å²) in [6, 6.07) is 9.08. The van der Waals surface area contributed by atoms with E-state index in [0.717, 1.165) is 19.5 Å². The molecule has 1 aromatic rings. The fourth-order valence-corrected chi connectivity index (χ4v) is 1.75. The average Bonchev–Trinajstić information content (AvgIpc) is 2.81. The second-order valence-electron chi connectivity index (χ2n) is 3.94. The highest BCUT2D eigenvalue weighted by Crippen LogP contribution is 2.09. The van der Waals surface area contributed by atoms with Crippen molar-refractivity contribution >= 4 is 6.09 Å². The van der Waals surface area contributed by atoms with E-state index in [0.29, 0.717) is 18.2 Å². The molecule has 1 aliphatic rings. The molecule has 86 valence electrons. The summed E-state index contributed by atoms with van der Waals surface area (Å²) in [5.41, 5.74) is 0. The highest BCUT2D eigenvalue weighted by molar-refractivity contribution is 5.70. The van der Waals surface area contributed by atoms with E-state index in [-0.39, 0.29) is 6.09 Å². The van der Waals surface area contributed by atoms with Gasteiger partial charge in [0.2, 0.25) is 0 Å². The van der Waals surface area contributed by atoms with Crippen LogP contribution in [0.2, 0.25) is 0 Å². The maximum Gasteiger partial charge on any atom is 0.412 e. The molecule has 4 heteroatoms. The van der Waals surface area contributed by atoms with Crippen molar-refractivity contribution in [3.63, 3.8) is 0 Å². The van der Waals surface area contributed by atoms with Gasteiger partial charge in [-0.1, -0.05) is 18.2 Å². The lowest BCUT2D eigenvalue weighted by atomic mass is 10.1. The first-order valence-corrected chi connectivity index (χ1v) is 5.56. The van der Waals surface area contributed by atoms with Crippen LogP contribution < -0.4 is 15.4 Å². The summed E-state index contributed by atoms with van der Waals surface area (Å²) in [6.07, 6.45) is 0.740. The van der Waals surface area contributed by atoms with Gasteiger partial charge in [0.15, 0.2) is 0 Å². The number of carbonyl (C=O) groups is 1. The van der Waals surface area contributed by atoms with Crippen molar-refractivity contribution in [3.05, 3.63) is 30.3 Å². The summed E-state index contributed by atoms with van der Waals surface area (Å²) in [7, 11) is 0. The summed E-state index contributed by atoms with van der Waals surface area (Å²) in [6.45, 7) is 2.70. The molecule has 1 aliphatic heterocycles. The Morgan fingerprint density at radius 3 is 2.94 bits per heavy atom. The first kappa shape index (κ1) is 11.0. The number of hydrogen-bond acceptors (Lipinski definition) is 3. The summed E-state index contributed by atoms with van der Waals surface area (Å²) in [5.74, 6) is 1.10. The van der Waals surface area contributed by atoms with E-state index in [1.807, 2.05) is 18.2 Å². The molecule has 1 unspecified atom stereocenters. The highest BCUT2D eigenvalue weighted by Gasteiger charge is 2.15. The molecule has 1 aromatic carbocycles. The molecular weight excluding hydrogens is 204 g/mol. The molecule has 1 saturated heterocycles. The van der Waals surface area contributed by atoms with Gasteiger partial charge in [0.25, 0.3) is 0 Å². The minimum absolute atomic E-state index is 0.377. The quantitative estimate of drug-likeness (QED) is 0.809. The maximum atomic E-state index is 11.4. The molecule has 2 N–H and O–H groups in total. The summed E-state index contributed by atoms with van der Waals surface area (Å²) in [4.78, 5) is 11.4. The van der Waals surface area contributed by atoms with Crippen molar-refractivity contribution in [1.82, 2.24) is 10.6 Å². The van der Waals surface area contributed by atoms with E-state index in [9.17, 15) is 4.79 Å². The summed E-state index contributed by atoms with van der Waals surface area (Å²) < 4.78 is 5.10. The van der Waals surface area contributed by atoms with Crippen molar-refractivity contribution in [2.75, 3.05) is 19.6 Å². The van der Waals surface area contributed by atoms with Gasteiger partial charge in [0.1, 0.15) is 5.75 Å². The van der Waals surface area contributed by atoms with Crippen LogP contribution in [0, 0.1) is 5.92 Å². The standard InChI is InChI=1S/C12H16N2O2/c15-12(14-9-10-6-7-13-8-10)16-11-4-2-1-3-5-11/h1-5,10,13H,6-9H2,(H,14,15). The van der Waals surface area contributed by atoms with Gasteiger partial charge in [0.05, 0.1) is 0 Å². The molecule has 1 heterocycles. The number of rotatable bonds is 3. The van der Waals surface area contributed by atoms with Crippen LogP contribution >= 0.6 is 0 Å². The number of ether oxygens (including phenoxy) is 1. The van der Waals surface area contributed by atoms with E-state index in [4.69, 9.17) is 4.74 Å². The van der Waals surface area contributed by atoms with Crippen molar-refractivity contribution in [1.29, 1.82) is 0 Å². The van der Waals surface area contributed by atoms with Gasteiger partial charge in [-0.2, -0.15) is 0 Å². The third-order valence-corrected chi connectivity index (χ3v) is 2.65. The SMILES string of the molecule is O=C(NCC1CCNC1)Oc1ccccc1. The summed E-state index contributed by atoms with van der Waals surface area (Å²) >= 11 is 0. The third kappa shape index (κ3) is 3.24. The van der Waals surface area contributed by atoms with Gasteiger partial charge < -0.3 is 15.4 Å². The fourth-order valence-electron chi connectivity index (χ4n) is 1.75. The minimum atomic E-state index is -0.377. The van der Waals surface area contributed by atoms with Gasteiger partial charge >= 0.3 is 6.09 Å². The Morgan fingerprint density at radius 1 is 1.44 bits per heavy atom. The maximum absolute atomic E-state index is 11.4. The van der Waals surface area contributed by atoms with Crippen molar-refractivity contribution in [2.45, 2.75) is 6.42 Å². The number of nitrogens with one attached hydrogen (secondary N) is 2. The molecule has 0 aliphatic carbocycles. The number of benzene rings is 1. The molecule has 0 spiro atoms. The first-order valence-electron chi connectivity index (χ1n) is 5.56. The predicted octanol–water partition coefficient (Wildman–Crippen LogP) is 1.38. The Morgan fingerprint density at radius 2 is 2.25 bits per heavy atom. The molecule has 0 saturated carbocycles. The Bertz CT molecular complexity index is 334. The Balaban J connectivity index is 1.72. The van der Waals surface area contributed by atoms with Crippen LogP contribution in [-0.4, -0.2) is 25.7 Å². The molecule has 4 nitrogen and oxygen atoms in total. The molecule has 0 bridgehead atoms. The monoisotopic (exact) mass is 220 g/mol. The van der Waals surface area contributed by atoms with E-state index < -0.39 is 0 Å². The third-order valence-electron chi connectivity index (χ3n) is 2.65. The largest absolute Gasteiger partial charge is 0.412 e. The molecule has 1 fully saturated rings. The van der Waals surface area contributed by atoms with Crippen LogP contribution in [0.3, 0.4) is 0 Å². The van der Waals surface area contributed by atoms with Gasteiger partial charge in [-0.3, -0.25) is 0 Å². The van der Waals surface area contributed by atoms with E-state index >= 15 is 0 Å². The van der Waals surface area contributed by atoms with Crippen LogP contribution in [0.4, 0.5) is 4.79 Å². The van der Waals surface area contributed by atoms with Gasteiger partial charge in [-0.25, -0.2) is 4.79 Å². The first-order chi connectivity index (χ1) is 7.84. The smallest absolute Gasteiger partial charge is 0.410 e. The Kier molecular flexibility index (Phi) is 3.77. The number of amides is 1. The highest BCUT2D eigenvalue weighted by atomic mass is 16.5. The average molecular weight is 220 g/mol. The van der Waals surface area contributed by atoms with Crippen molar-refractivity contribution < 1.29 is 9.53 Å². The number of para-hydroxylation sites is 1. The zero-order chi connectivity index (χ0) is 11.2. The Hall–Kier alpha value is -1.55. The molecule has 0 radical (unpaired) electrons. The lowest BCUT2D eigenvalue weighted by Crippen LogP contribution is -2.32. The minimum Gasteiger partial charge on any atom is -0.410 e. The van der Waals surface area contributed by atoms with Crippen LogP contribution in [0.15, 0.2) is 30.3 Å². The van der Waals surface area contributed by atoms with Gasteiger partial charge in [0, 0.05) is 6.54 Å². The second-order valence-corrected chi connectivity index (χ2v) is 3.94. The van der Waals surface area contributed by atoms with Gasteiger partial charge in [-0.15, -0.1) is 0 Å². The van der Waals surface area contributed by atoms with Gasteiger partial charge in [-0.05, 0) is 37.6 Å². The van der Waals surface area contributed by atoms with Crippen LogP contribution in [0.1, 0.15) is 6.42 Å². The molecule has 2 rings (SSSR count). The zero-order valence-corrected chi connectivity index (χ0v) is 9.11. The van der Waals surface area contributed by atoms with E-state index in [1.54, 1.807) is 12.1 Å². The molecule has 1 amide bonds. The topological polar surface area (TPSA) is 50.4 Å². The fraction of sp³-hybridized carbons (Fsp3) is 0.417. The molecule has 16 heavy (non-hydrogen) atoms. The van der Waals surface area contributed by atoms with Crippen molar-refractivity contribution in [3.8, 4) is 5.75 Å². The molecule has 0 aromatic heterocycles. The Labute approximate surface area is 95.0 Å². The van der Waals surface area contributed by atoms with Crippen LogP contribution in [0.25, 0.3) is 0 Å². The van der Waals surface area contributed by atoms with E-state index in [1.165, 1.54) is 0 Å².